The molecule has 0 N–H and O–H groups in total. The quantitative estimate of drug-likeness (QED) is 0.680. The van der Waals surface area contributed by atoms with Gasteiger partial charge in [-0.15, -0.1) is 0 Å². The lowest BCUT2D eigenvalue weighted by atomic mass is 9.75. The largest absolute Gasteiger partial charge is 1.00 e. The second kappa shape index (κ2) is 8.10. The molecule has 3 atom stereocenters. The molecule has 2 aromatic rings. The monoisotopic (exact) mass is 411 g/mol. The van der Waals surface area contributed by atoms with Crippen LogP contribution in [0.4, 0.5) is 0 Å². The van der Waals surface area contributed by atoms with Gasteiger partial charge in [0.25, 0.3) is 0 Å². The summed E-state index contributed by atoms with van der Waals surface area (Å²) < 4.78 is 1.25. The first kappa shape index (κ1) is 19.4. The van der Waals surface area contributed by atoms with Crippen molar-refractivity contribution in [3.63, 3.8) is 0 Å². The highest BCUT2D eigenvalue weighted by Crippen LogP contribution is 2.42. The minimum atomic E-state index is 0. The van der Waals surface area contributed by atoms with E-state index in [0.29, 0.717) is 5.92 Å². The van der Waals surface area contributed by atoms with Crippen molar-refractivity contribution >= 4 is 5.57 Å². The number of allylic oxidation sites excluding steroid dienone is 1. The van der Waals surface area contributed by atoms with Crippen molar-refractivity contribution < 1.29 is 21.5 Å². The highest BCUT2D eigenvalue weighted by Gasteiger charge is 2.45. The van der Waals surface area contributed by atoms with Gasteiger partial charge in [-0.2, -0.15) is 0 Å². The van der Waals surface area contributed by atoms with E-state index >= 15 is 0 Å². The summed E-state index contributed by atoms with van der Waals surface area (Å²) in [5.41, 5.74) is 4.10. The van der Waals surface area contributed by atoms with Crippen LogP contribution in [-0.4, -0.2) is 30.7 Å². The maximum Gasteiger partial charge on any atom is 0.0894 e. The molecular weight excluding hydrogens is 382 g/mol. The molecule has 2 aliphatic heterocycles. The van der Waals surface area contributed by atoms with Crippen LogP contribution in [0.25, 0.3) is 5.57 Å². The number of piperidine rings is 2. The standard InChI is InChI=1S/C24H30N.BrH/c1-25(2)22-14-9-15-23(25)17-19(16-22)18-24(20-10-5-3-6-11-20)21-12-7-4-8-13-21;/h3-8,10-13,18-19,22-23H,9,14-17H2,1-2H3;1H/q+1;/p-1/t19-,22+,23-;. The van der Waals surface area contributed by atoms with Crippen LogP contribution in [0, 0.1) is 5.92 Å². The Morgan fingerprint density at radius 1 is 0.808 bits per heavy atom. The van der Waals surface area contributed by atoms with Gasteiger partial charge in [0.05, 0.1) is 26.2 Å². The second-order valence-corrected chi connectivity index (χ2v) is 8.41. The van der Waals surface area contributed by atoms with E-state index in [9.17, 15) is 0 Å². The Labute approximate surface area is 169 Å². The topological polar surface area (TPSA) is 0 Å². The summed E-state index contributed by atoms with van der Waals surface area (Å²) in [5, 5.41) is 0. The molecule has 1 nitrogen and oxygen atoms in total. The maximum absolute atomic E-state index is 2.59. The third-order valence-electron chi connectivity index (χ3n) is 6.68. The van der Waals surface area contributed by atoms with Gasteiger partial charge in [0.2, 0.25) is 0 Å². The molecule has 2 aliphatic rings. The van der Waals surface area contributed by atoms with Crippen molar-refractivity contribution in [1.82, 2.24) is 0 Å². The molecule has 4 rings (SSSR count). The van der Waals surface area contributed by atoms with E-state index in [1.807, 2.05) is 0 Å². The lowest BCUT2D eigenvalue weighted by molar-refractivity contribution is -0.950. The van der Waals surface area contributed by atoms with Gasteiger partial charge in [-0.1, -0.05) is 66.7 Å². The maximum atomic E-state index is 2.59. The Kier molecular flexibility index (Phi) is 6.04. The summed E-state index contributed by atoms with van der Waals surface area (Å²) in [5.74, 6) is 0.705. The zero-order valence-electron chi connectivity index (χ0n) is 15.9. The Hall–Kier alpha value is -1.38. The fraction of sp³-hybridized carbons (Fsp3) is 0.417. The van der Waals surface area contributed by atoms with Crippen LogP contribution in [0.2, 0.25) is 0 Å². The molecule has 0 radical (unpaired) electrons. The first-order valence-electron chi connectivity index (χ1n) is 9.80. The fourth-order valence-corrected chi connectivity index (χ4v) is 5.09. The second-order valence-electron chi connectivity index (χ2n) is 8.41. The van der Waals surface area contributed by atoms with Gasteiger partial charge in [0, 0.05) is 12.8 Å². The Morgan fingerprint density at radius 2 is 1.27 bits per heavy atom. The van der Waals surface area contributed by atoms with Gasteiger partial charge in [0.15, 0.2) is 0 Å². The molecule has 2 fully saturated rings. The number of benzene rings is 2. The average molecular weight is 412 g/mol. The average Bonchev–Trinajstić information content (AvgIpc) is 2.61. The van der Waals surface area contributed by atoms with Gasteiger partial charge in [0.1, 0.15) is 0 Å². The molecule has 0 aromatic heterocycles. The summed E-state index contributed by atoms with van der Waals surface area (Å²) in [4.78, 5) is 0. The first-order valence-corrected chi connectivity index (χ1v) is 9.80. The minimum absolute atomic E-state index is 0. The molecule has 26 heavy (non-hydrogen) atoms. The van der Waals surface area contributed by atoms with Crippen molar-refractivity contribution in [1.29, 1.82) is 0 Å². The van der Waals surface area contributed by atoms with Gasteiger partial charge in [-0.25, -0.2) is 0 Å². The molecule has 2 heteroatoms. The number of fused-ring (bicyclic) bond motifs is 2. The predicted octanol–water partition coefficient (Wildman–Crippen LogP) is 2.53. The number of halogens is 1. The van der Waals surface area contributed by atoms with Crippen LogP contribution in [0.3, 0.4) is 0 Å². The van der Waals surface area contributed by atoms with E-state index in [1.165, 1.54) is 53.3 Å². The molecule has 0 saturated carbocycles. The zero-order valence-corrected chi connectivity index (χ0v) is 17.5. The van der Waals surface area contributed by atoms with E-state index in [4.69, 9.17) is 0 Å². The molecule has 138 valence electrons. The Bertz CT molecular complexity index is 678. The minimum Gasteiger partial charge on any atom is -1.00 e. The van der Waals surface area contributed by atoms with Crippen molar-refractivity contribution in [2.24, 2.45) is 5.92 Å². The van der Waals surface area contributed by atoms with Gasteiger partial charge >= 0.3 is 0 Å². The molecule has 0 aliphatic carbocycles. The van der Waals surface area contributed by atoms with Crippen molar-refractivity contribution in [3.8, 4) is 0 Å². The molecule has 2 aromatic carbocycles. The smallest absolute Gasteiger partial charge is 0.0894 e. The Balaban J connectivity index is 0.00000196. The summed E-state index contributed by atoms with van der Waals surface area (Å²) in [6.45, 7) is 0. The molecular formula is C24H30BrN. The van der Waals surface area contributed by atoms with E-state index in [-0.39, 0.29) is 17.0 Å². The van der Waals surface area contributed by atoms with Crippen LogP contribution < -0.4 is 17.0 Å². The molecule has 0 unspecified atom stereocenters. The van der Waals surface area contributed by atoms with Gasteiger partial charge in [-0.05, 0) is 41.9 Å². The molecule has 0 spiro atoms. The number of rotatable bonds is 3. The summed E-state index contributed by atoms with van der Waals surface area (Å²) in [6, 6.07) is 23.5. The van der Waals surface area contributed by atoms with Crippen LogP contribution in [0.1, 0.15) is 43.2 Å². The highest BCUT2D eigenvalue weighted by atomic mass is 79.9. The van der Waals surface area contributed by atoms with Gasteiger partial charge in [-0.3, -0.25) is 0 Å². The van der Waals surface area contributed by atoms with Gasteiger partial charge < -0.3 is 21.5 Å². The molecule has 0 amide bonds. The lowest BCUT2D eigenvalue weighted by Gasteiger charge is -2.53. The third-order valence-corrected chi connectivity index (χ3v) is 6.68. The van der Waals surface area contributed by atoms with E-state index in [1.54, 1.807) is 0 Å². The van der Waals surface area contributed by atoms with Crippen LogP contribution in [-0.2, 0) is 0 Å². The number of nitrogens with zero attached hydrogens (tertiary/aromatic N) is 1. The summed E-state index contributed by atoms with van der Waals surface area (Å²) in [6.07, 6.45) is 9.51. The van der Waals surface area contributed by atoms with Crippen LogP contribution in [0.5, 0.6) is 0 Å². The third kappa shape index (κ3) is 3.82. The lowest BCUT2D eigenvalue weighted by Crippen LogP contribution is -3.00. The number of hydrogen-bond acceptors (Lipinski definition) is 0. The zero-order chi connectivity index (χ0) is 17.3. The van der Waals surface area contributed by atoms with E-state index in [2.05, 4.69) is 80.8 Å². The predicted molar refractivity (Wildman–Crippen MR) is 106 cm³/mol. The molecule has 2 bridgehead atoms. The van der Waals surface area contributed by atoms with Crippen molar-refractivity contribution in [2.45, 2.75) is 44.2 Å². The molecule has 2 heterocycles. The first-order chi connectivity index (χ1) is 12.1. The molecule has 2 saturated heterocycles. The van der Waals surface area contributed by atoms with Crippen molar-refractivity contribution in [2.75, 3.05) is 14.1 Å². The fourth-order valence-electron chi connectivity index (χ4n) is 5.09. The summed E-state index contributed by atoms with van der Waals surface area (Å²) in [7, 11) is 4.92. The van der Waals surface area contributed by atoms with Crippen LogP contribution >= 0.6 is 0 Å². The van der Waals surface area contributed by atoms with Crippen LogP contribution in [0.15, 0.2) is 66.7 Å². The van der Waals surface area contributed by atoms with E-state index in [0.717, 1.165) is 12.1 Å². The SMILES string of the molecule is C[N+]1(C)[C@@H]2CCC[C@H]1C[C@@H](C=C(c1ccccc1)c1ccccc1)C2.[Br-]. The Morgan fingerprint density at radius 3 is 1.73 bits per heavy atom. The van der Waals surface area contributed by atoms with Crippen molar-refractivity contribution in [3.05, 3.63) is 77.9 Å². The normalized spacial score (nSPS) is 26.5. The number of quaternary nitrogens is 1. The number of hydrogen-bond donors (Lipinski definition) is 0. The van der Waals surface area contributed by atoms with E-state index < -0.39 is 0 Å². The summed E-state index contributed by atoms with van der Waals surface area (Å²) >= 11 is 0. The highest BCUT2D eigenvalue weighted by molar-refractivity contribution is 5.79.